The monoisotopic (exact) mass is 156 g/mol. The van der Waals surface area contributed by atoms with E-state index in [0.717, 1.165) is 5.82 Å². The molecule has 62 valence electrons. The van der Waals surface area contributed by atoms with Gasteiger partial charge >= 0.3 is 0 Å². The van der Waals surface area contributed by atoms with E-state index in [-0.39, 0.29) is 0 Å². The highest BCUT2D eigenvalue weighted by atomic mass is 16.6. The molecule has 0 bridgehead atoms. The van der Waals surface area contributed by atoms with Crippen LogP contribution >= 0.6 is 0 Å². The number of nitrogens with one attached hydrogen (secondary N) is 1. The molecule has 5 nitrogen and oxygen atoms in total. The minimum Gasteiger partial charge on any atom is -0.320 e. The highest BCUT2D eigenvalue weighted by Gasteiger charge is 1.97. The summed E-state index contributed by atoms with van der Waals surface area (Å²) in [4.78, 5) is 4.93. The van der Waals surface area contributed by atoms with E-state index < -0.39 is 0 Å². The molecule has 0 atom stereocenters. The zero-order valence-electron chi connectivity index (χ0n) is 6.74. The molecule has 0 aromatic carbocycles. The summed E-state index contributed by atoms with van der Waals surface area (Å²) in [6, 6.07) is 0. The Bertz CT molecular complexity index is 210. The Balaban J connectivity index is 2.32. The van der Waals surface area contributed by atoms with Crippen molar-refractivity contribution in [2.75, 3.05) is 6.61 Å². The minimum atomic E-state index is 0.588. The highest BCUT2D eigenvalue weighted by molar-refractivity contribution is 4.81. The fourth-order valence-corrected chi connectivity index (χ4v) is 0.685. The molecular weight excluding hydrogens is 144 g/mol. The standard InChI is InChI=1S/C6H12N4O/c1-3-11-8-4-6-9-7-5-10(6)2/h5,8H,3-4H2,1-2H3. The Morgan fingerprint density at radius 2 is 2.55 bits per heavy atom. The normalized spacial score (nSPS) is 10.4. The van der Waals surface area contributed by atoms with Gasteiger partial charge in [0.25, 0.3) is 0 Å². The molecule has 1 N–H and O–H groups in total. The van der Waals surface area contributed by atoms with Crippen LogP contribution in [0.3, 0.4) is 0 Å². The third-order valence-electron chi connectivity index (χ3n) is 1.28. The topological polar surface area (TPSA) is 52.0 Å². The van der Waals surface area contributed by atoms with Crippen LogP contribution in [0.25, 0.3) is 0 Å². The van der Waals surface area contributed by atoms with Gasteiger partial charge in [0.2, 0.25) is 0 Å². The maximum atomic E-state index is 4.93. The highest BCUT2D eigenvalue weighted by Crippen LogP contribution is 1.88. The predicted molar refractivity (Wildman–Crippen MR) is 39.5 cm³/mol. The number of hydrogen-bond donors (Lipinski definition) is 1. The van der Waals surface area contributed by atoms with E-state index in [0.29, 0.717) is 13.2 Å². The van der Waals surface area contributed by atoms with Crippen LogP contribution in [-0.2, 0) is 18.4 Å². The van der Waals surface area contributed by atoms with Gasteiger partial charge in [0, 0.05) is 7.05 Å². The van der Waals surface area contributed by atoms with Gasteiger partial charge in [-0.2, -0.15) is 5.48 Å². The second kappa shape index (κ2) is 4.05. The molecule has 0 saturated carbocycles. The minimum absolute atomic E-state index is 0.588. The molecule has 0 aliphatic heterocycles. The molecule has 0 saturated heterocycles. The zero-order valence-corrected chi connectivity index (χ0v) is 6.74. The van der Waals surface area contributed by atoms with Crippen LogP contribution in [0.4, 0.5) is 0 Å². The van der Waals surface area contributed by atoms with Gasteiger partial charge in [-0.3, -0.25) is 0 Å². The second-order valence-corrected chi connectivity index (χ2v) is 2.11. The average molecular weight is 156 g/mol. The van der Waals surface area contributed by atoms with Crippen molar-refractivity contribution in [3.8, 4) is 0 Å². The molecule has 1 heterocycles. The second-order valence-electron chi connectivity index (χ2n) is 2.11. The smallest absolute Gasteiger partial charge is 0.148 e. The lowest BCUT2D eigenvalue weighted by Crippen LogP contribution is -2.16. The maximum absolute atomic E-state index is 4.93. The average Bonchev–Trinajstić information content (AvgIpc) is 2.37. The van der Waals surface area contributed by atoms with E-state index in [4.69, 9.17) is 4.84 Å². The van der Waals surface area contributed by atoms with E-state index in [2.05, 4.69) is 15.7 Å². The number of aryl methyl sites for hydroxylation is 1. The summed E-state index contributed by atoms with van der Waals surface area (Å²) in [6.07, 6.45) is 1.66. The van der Waals surface area contributed by atoms with Crippen molar-refractivity contribution >= 4 is 0 Å². The summed E-state index contributed by atoms with van der Waals surface area (Å²) in [7, 11) is 1.89. The number of rotatable bonds is 4. The molecule has 0 fully saturated rings. The van der Waals surface area contributed by atoms with Crippen LogP contribution in [0, 0.1) is 0 Å². The van der Waals surface area contributed by atoms with Gasteiger partial charge < -0.3 is 9.40 Å². The van der Waals surface area contributed by atoms with E-state index in [9.17, 15) is 0 Å². The molecule has 1 aromatic rings. The Hall–Kier alpha value is -0.940. The lowest BCUT2D eigenvalue weighted by molar-refractivity contribution is 0.0443. The lowest BCUT2D eigenvalue weighted by atomic mass is 10.6. The first-order valence-electron chi connectivity index (χ1n) is 3.52. The van der Waals surface area contributed by atoms with E-state index >= 15 is 0 Å². The third-order valence-corrected chi connectivity index (χ3v) is 1.28. The first kappa shape index (κ1) is 8.16. The number of aromatic nitrogens is 3. The Morgan fingerprint density at radius 1 is 1.73 bits per heavy atom. The quantitative estimate of drug-likeness (QED) is 0.487. The van der Waals surface area contributed by atoms with Gasteiger partial charge in [-0.05, 0) is 6.92 Å². The Kier molecular flexibility index (Phi) is 3.00. The number of nitrogens with zero attached hydrogens (tertiary/aromatic N) is 3. The molecule has 5 heteroatoms. The van der Waals surface area contributed by atoms with E-state index in [1.54, 1.807) is 6.33 Å². The summed E-state index contributed by atoms with van der Waals surface area (Å²) < 4.78 is 1.84. The summed E-state index contributed by atoms with van der Waals surface area (Å²) in [6.45, 7) is 3.16. The van der Waals surface area contributed by atoms with Crippen molar-refractivity contribution in [1.29, 1.82) is 0 Å². The molecule has 11 heavy (non-hydrogen) atoms. The molecule has 0 radical (unpaired) electrons. The van der Waals surface area contributed by atoms with Crippen LogP contribution in [0.1, 0.15) is 12.7 Å². The zero-order chi connectivity index (χ0) is 8.10. The van der Waals surface area contributed by atoms with Crippen molar-refractivity contribution in [2.24, 2.45) is 7.05 Å². The Morgan fingerprint density at radius 3 is 3.09 bits per heavy atom. The summed E-state index contributed by atoms with van der Waals surface area (Å²) in [5.74, 6) is 0.860. The molecule has 0 aliphatic rings. The van der Waals surface area contributed by atoms with Crippen molar-refractivity contribution in [2.45, 2.75) is 13.5 Å². The molecule has 0 spiro atoms. The fourth-order valence-electron chi connectivity index (χ4n) is 0.685. The van der Waals surface area contributed by atoms with Crippen LogP contribution < -0.4 is 5.48 Å². The van der Waals surface area contributed by atoms with Gasteiger partial charge in [-0.15, -0.1) is 10.2 Å². The van der Waals surface area contributed by atoms with Crippen molar-refractivity contribution in [3.05, 3.63) is 12.2 Å². The van der Waals surface area contributed by atoms with Crippen molar-refractivity contribution in [1.82, 2.24) is 20.2 Å². The van der Waals surface area contributed by atoms with Gasteiger partial charge in [-0.25, -0.2) is 0 Å². The summed E-state index contributed by atoms with van der Waals surface area (Å²) in [5, 5.41) is 7.58. The van der Waals surface area contributed by atoms with E-state index in [1.165, 1.54) is 0 Å². The van der Waals surface area contributed by atoms with Crippen LogP contribution in [0.2, 0.25) is 0 Å². The van der Waals surface area contributed by atoms with Gasteiger partial charge in [0.05, 0.1) is 13.2 Å². The molecule has 0 unspecified atom stereocenters. The molecule has 0 amide bonds. The number of hydroxylamine groups is 1. The van der Waals surface area contributed by atoms with Crippen LogP contribution in [0.5, 0.6) is 0 Å². The predicted octanol–water partition coefficient (Wildman–Crippen LogP) is -0.144. The molecule has 1 rings (SSSR count). The molecule has 0 aliphatic carbocycles. The SMILES string of the molecule is CCONCc1nncn1C. The fraction of sp³-hybridized carbons (Fsp3) is 0.667. The van der Waals surface area contributed by atoms with Gasteiger partial charge in [0.1, 0.15) is 12.2 Å². The first-order valence-corrected chi connectivity index (χ1v) is 3.52. The van der Waals surface area contributed by atoms with Gasteiger partial charge in [-0.1, -0.05) is 0 Å². The van der Waals surface area contributed by atoms with Crippen LogP contribution in [0.15, 0.2) is 6.33 Å². The molecule has 1 aromatic heterocycles. The first-order chi connectivity index (χ1) is 5.34. The summed E-state index contributed by atoms with van der Waals surface area (Å²) >= 11 is 0. The van der Waals surface area contributed by atoms with Crippen molar-refractivity contribution in [3.63, 3.8) is 0 Å². The van der Waals surface area contributed by atoms with E-state index in [1.807, 2.05) is 18.5 Å². The number of hydrogen-bond acceptors (Lipinski definition) is 4. The van der Waals surface area contributed by atoms with Crippen LogP contribution in [-0.4, -0.2) is 21.4 Å². The summed E-state index contributed by atoms with van der Waals surface area (Å²) in [5.41, 5.74) is 2.75. The molecular formula is C6H12N4O. The maximum Gasteiger partial charge on any atom is 0.148 e. The van der Waals surface area contributed by atoms with Crippen molar-refractivity contribution < 1.29 is 4.84 Å². The lowest BCUT2D eigenvalue weighted by Gasteiger charge is -2.01. The third kappa shape index (κ3) is 2.28. The largest absolute Gasteiger partial charge is 0.320 e. The van der Waals surface area contributed by atoms with Gasteiger partial charge in [0.15, 0.2) is 0 Å². The Labute approximate surface area is 65.3 Å².